The molecule has 1 fully saturated rings. The third-order valence-corrected chi connectivity index (χ3v) is 4.43. The highest BCUT2D eigenvalue weighted by Crippen LogP contribution is 2.32. The number of hydrogen-bond donors (Lipinski definition) is 1. The van der Waals surface area contributed by atoms with E-state index >= 15 is 0 Å². The number of rotatable bonds is 5. The quantitative estimate of drug-likeness (QED) is 0.867. The molecule has 1 saturated heterocycles. The molecule has 0 radical (unpaired) electrons. The van der Waals surface area contributed by atoms with Gasteiger partial charge in [0.2, 0.25) is 5.91 Å². The molecule has 1 aliphatic heterocycles. The van der Waals surface area contributed by atoms with Crippen molar-refractivity contribution in [3.05, 3.63) is 35.4 Å². The lowest BCUT2D eigenvalue weighted by molar-refractivity contribution is -0.138. The highest BCUT2D eigenvalue weighted by molar-refractivity contribution is 5.85. The molecule has 136 valence electrons. The molecular weight excluding hydrogens is 341 g/mol. The number of likely N-dealkylation sites (tertiary alicyclic amines) is 1. The van der Waals surface area contributed by atoms with E-state index in [1.54, 1.807) is 11.0 Å². The summed E-state index contributed by atoms with van der Waals surface area (Å²) in [6.07, 6.45) is -1.67. The minimum Gasteiger partial charge on any atom is -0.342 e. The van der Waals surface area contributed by atoms with Crippen LogP contribution < -0.4 is 5.32 Å². The maximum absolute atomic E-state index is 13.0. The van der Waals surface area contributed by atoms with Gasteiger partial charge >= 0.3 is 6.18 Å². The second-order valence-electron chi connectivity index (χ2n) is 6.05. The van der Waals surface area contributed by atoms with E-state index < -0.39 is 11.7 Å². The molecule has 0 aliphatic carbocycles. The van der Waals surface area contributed by atoms with Crippen molar-refractivity contribution in [3.8, 4) is 0 Å². The standard InChI is InChI=1S/C17H23F3N2O.ClH/c1-21-9-6-13-7-10-22(11-8-13)16(23)12-14-4-2-3-5-15(14)17(18,19)20;/h2-5,13,21H,6-12H2,1H3;1H. The summed E-state index contributed by atoms with van der Waals surface area (Å²) in [5.74, 6) is 0.378. The Morgan fingerprint density at radius 2 is 1.88 bits per heavy atom. The van der Waals surface area contributed by atoms with E-state index in [0.717, 1.165) is 31.9 Å². The molecule has 0 saturated carbocycles. The van der Waals surface area contributed by atoms with Crippen LogP contribution in [0.4, 0.5) is 13.2 Å². The van der Waals surface area contributed by atoms with E-state index in [0.29, 0.717) is 19.0 Å². The molecule has 24 heavy (non-hydrogen) atoms. The molecule has 0 aromatic heterocycles. The van der Waals surface area contributed by atoms with Crippen molar-refractivity contribution in [3.63, 3.8) is 0 Å². The van der Waals surface area contributed by atoms with Crippen molar-refractivity contribution < 1.29 is 18.0 Å². The average molecular weight is 365 g/mol. The second-order valence-corrected chi connectivity index (χ2v) is 6.05. The molecule has 1 aromatic rings. The lowest BCUT2D eigenvalue weighted by Gasteiger charge is -2.32. The monoisotopic (exact) mass is 364 g/mol. The van der Waals surface area contributed by atoms with Crippen molar-refractivity contribution in [2.24, 2.45) is 5.92 Å². The molecule has 7 heteroatoms. The summed E-state index contributed by atoms with van der Waals surface area (Å²) in [6.45, 7) is 2.24. The Kier molecular flexibility index (Phi) is 8.03. The Morgan fingerprint density at radius 3 is 2.46 bits per heavy atom. The van der Waals surface area contributed by atoms with Crippen molar-refractivity contribution in [2.45, 2.75) is 31.9 Å². The van der Waals surface area contributed by atoms with Crippen LogP contribution in [0.25, 0.3) is 0 Å². The molecule has 1 aliphatic rings. The van der Waals surface area contributed by atoms with Gasteiger partial charge in [0.1, 0.15) is 0 Å². The normalized spacial score (nSPS) is 15.9. The molecule has 3 nitrogen and oxygen atoms in total. The number of carbonyl (C=O) groups excluding carboxylic acids is 1. The maximum atomic E-state index is 13.0. The van der Waals surface area contributed by atoms with Crippen molar-refractivity contribution in [2.75, 3.05) is 26.7 Å². The molecular formula is C17H24ClF3N2O. The van der Waals surface area contributed by atoms with Crippen LogP contribution in [0.3, 0.4) is 0 Å². The highest BCUT2D eigenvalue weighted by atomic mass is 35.5. The van der Waals surface area contributed by atoms with Gasteiger partial charge in [0.25, 0.3) is 0 Å². The van der Waals surface area contributed by atoms with Gasteiger partial charge in [0.05, 0.1) is 12.0 Å². The molecule has 1 heterocycles. The second kappa shape index (κ2) is 9.28. The molecule has 0 spiro atoms. The van der Waals surface area contributed by atoms with Crippen molar-refractivity contribution in [1.82, 2.24) is 10.2 Å². The van der Waals surface area contributed by atoms with Crippen LogP contribution in [-0.4, -0.2) is 37.5 Å². The number of benzene rings is 1. The van der Waals surface area contributed by atoms with Gasteiger partial charge in [-0.2, -0.15) is 13.2 Å². The SMILES string of the molecule is CNCCC1CCN(C(=O)Cc2ccccc2C(F)(F)F)CC1.Cl. The van der Waals surface area contributed by atoms with Crippen LogP contribution in [-0.2, 0) is 17.4 Å². The summed E-state index contributed by atoms with van der Waals surface area (Å²) in [6, 6.07) is 5.32. The van der Waals surface area contributed by atoms with E-state index in [1.807, 2.05) is 7.05 Å². The number of hydrogen-bond acceptors (Lipinski definition) is 2. The van der Waals surface area contributed by atoms with Gasteiger partial charge in [-0.3, -0.25) is 4.79 Å². The van der Waals surface area contributed by atoms with E-state index in [9.17, 15) is 18.0 Å². The Morgan fingerprint density at radius 1 is 1.25 bits per heavy atom. The lowest BCUT2D eigenvalue weighted by Crippen LogP contribution is -2.40. The van der Waals surface area contributed by atoms with Gasteiger partial charge in [-0.25, -0.2) is 0 Å². The number of alkyl halides is 3. The molecule has 1 N–H and O–H groups in total. The lowest BCUT2D eigenvalue weighted by atomic mass is 9.93. The Balaban J connectivity index is 0.00000288. The number of carbonyl (C=O) groups is 1. The number of nitrogens with one attached hydrogen (secondary N) is 1. The zero-order valence-electron chi connectivity index (χ0n) is 13.7. The van der Waals surface area contributed by atoms with Crippen LogP contribution >= 0.6 is 12.4 Å². The first-order valence-corrected chi connectivity index (χ1v) is 7.99. The van der Waals surface area contributed by atoms with Crippen LogP contribution in [0.15, 0.2) is 24.3 Å². The van der Waals surface area contributed by atoms with Crippen molar-refractivity contribution in [1.29, 1.82) is 0 Å². The first-order valence-electron chi connectivity index (χ1n) is 7.99. The fourth-order valence-electron chi connectivity index (χ4n) is 3.05. The fraction of sp³-hybridized carbons (Fsp3) is 0.588. The van der Waals surface area contributed by atoms with Gasteiger partial charge in [-0.15, -0.1) is 12.4 Å². The number of halogens is 4. The number of nitrogens with zero attached hydrogens (tertiary/aromatic N) is 1. The number of amides is 1. The topological polar surface area (TPSA) is 32.3 Å². The van der Waals surface area contributed by atoms with Gasteiger partial charge in [0.15, 0.2) is 0 Å². The summed E-state index contributed by atoms with van der Waals surface area (Å²) in [4.78, 5) is 14.0. The van der Waals surface area contributed by atoms with Gasteiger partial charge in [0, 0.05) is 13.1 Å². The highest BCUT2D eigenvalue weighted by Gasteiger charge is 2.34. The Bertz CT molecular complexity index is 529. The van der Waals surface area contributed by atoms with Gasteiger partial charge in [-0.05, 0) is 50.4 Å². The summed E-state index contributed by atoms with van der Waals surface area (Å²) >= 11 is 0. The summed E-state index contributed by atoms with van der Waals surface area (Å²) in [5, 5.41) is 3.11. The van der Waals surface area contributed by atoms with Gasteiger partial charge < -0.3 is 10.2 Å². The first kappa shape index (κ1) is 20.8. The third-order valence-electron chi connectivity index (χ3n) is 4.43. The Hall–Kier alpha value is -1.27. The number of piperidine rings is 1. The minimum absolute atomic E-state index is 0. The molecule has 1 aromatic carbocycles. The molecule has 0 atom stereocenters. The van der Waals surface area contributed by atoms with Gasteiger partial charge in [-0.1, -0.05) is 18.2 Å². The first-order chi connectivity index (χ1) is 10.9. The van der Waals surface area contributed by atoms with E-state index in [2.05, 4.69) is 5.32 Å². The zero-order valence-corrected chi connectivity index (χ0v) is 14.6. The maximum Gasteiger partial charge on any atom is 0.416 e. The Labute approximate surface area is 147 Å². The summed E-state index contributed by atoms with van der Waals surface area (Å²) in [5.41, 5.74) is -0.653. The van der Waals surface area contributed by atoms with Crippen LogP contribution in [0.5, 0.6) is 0 Å². The fourth-order valence-corrected chi connectivity index (χ4v) is 3.05. The van der Waals surface area contributed by atoms with E-state index in [-0.39, 0.29) is 30.3 Å². The minimum atomic E-state index is -4.42. The predicted octanol–water partition coefficient (Wildman–Crippen LogP) is 3.52. The van der Waals surface area contributed by atoms with Crippen LogP contribution in [0.2, 0.25) is 0 Å². The average Bonchev–Trinajstić information content (AvgIpc) is 2.53. The molecule has 2 rings (SSSR count). The smallest absolute Gasteiger partial charge is 0.342 e. The predicted molar refractivity (Wildman–Crippen MR) is 90.2 cm³/mol. The van der Waals surface area contributed by atoms with Crippen LogP contribution in [0, 0.1) is 5.92 Å². The zero-order chi connectivity index (χ0) is 16.9. The van der Waals surface area contributed by atoms with E-state index in [4.69, 9.17) is 0 Å². The largest absolute Gasteiger partial charge is 0.416 e. The molecule has 1 amide bonds. The molecule has 0 bridgehead atoms. The summed E-state index contributed by atoms with van der Waals surface area (Å²) < 4.78 is 38.9. The van der Waals surface area contributed by atoms with Crippen LogP contribution in [0.1, 0.15) is 30.4 Å². The van der Waals surface area contributed by atoms with Crippen molar-refractivity contribution >= 4 is 18.3 Å². The van der Waals surface area contributed by atoms with E-state index in [1.165, 1.54) is 12.1 Å². The summed E-state index contributed by atoms with van der Waals surface area (Å²) in [7, 11) is 1.91. The third kappa shape index (κ3) is 5.67. The molecule has 0 unspecified atom stereocenters.